The van der Waals surface area contributed by atoms with E-state index in [4.69, 9.17) is 4.74 Å². The number of ether oxygens (including phenoxy) is 1. The lowest BCUT2D eigenvalue weighted by molar-refractivity contribution is -0.116. The van der Waals surface area contributed by atoms with Gasteiger partial charge in [-0.25, -0.2) is 4.79 Å². The third-order valence-electron chi connectivity index (χ3n) is 4.20. The van der Waals surface area contributed by atoms with Crippen LogP contribution in [0, 0.1) is 6.92 Å². The van der Waals surface area contributed by atoms with Gasteiger partial charge in [0.2, 0.25) is 11.8 Å². The lowest BCUT2D eigenvalue weighted by Gasteiger charge is -2.19. The molecule has 0 heterocycles. The highest BCUT2D eigenvalue weighted by molar-refractivity contribution is 6.00. The van der Waals surface area contributed by atoms with Gasteiger partial charge in [-0.1, -0.05) is 29.8 Å². The molecule has 0 aliphatic heterocycles. The minimum Gasteiger partial charge on any atom is -0.444 e. The zero-order valence-electron chi connectivity index (χ0n) is 18.8. The van der Waals surface area contributed by atoms with Crippen molar-refractivity contribution >= 4 is 35.1 Å². The lowest BCUT2D eigenvalue weighted by atomic mass is 10.0. The molecule has 0 radical (unpaired) electrons. The van der Waals surface area contributed by atoms with Crippen molar-refractivity contribution in [3.63, 3.8) is 0 Å². The van der Waals surface area contributed by atoms with E-state index >= 15 is 0 Å². The number of benzene rings is 2. The first-order chi connectivity index (χ1) is 15.0. The van der Waals surface area contributed by atoms with Crippen molar-refractivity contribution in [1.29, 1.82) is 0 Å². The van der Waals surface area contributed by atoms with Gasteiger partial charge < -0.3 is 20.7 Å². The van der Waals surface area contributed by atoms with Crippen LogP contribution in [-0.4, -0.2) is 35.8 Å². The third kappa shape index (κ3) is 8.99. The maximum atomic E-state index is 12.2. The van der Waals surface area contributed by atoms with Gasteiger partial charge in [0.25, 0.3) is 0 Å². The number of anilines is 2. The summed E-state index contributed by atoms with van der Waals surface area (Å²) in [6.45, 7) is 6.90. The minimum atomic E-state index is -0.674. The quantitative estimate of drug-likeness (QED) is 0.537. The van der Waals surface area contributed by atoms with Crippen LogP contribution >= 0.6 is 0 Å². The molecule has 0 aliphatic carbocycles. The van der Waals surface area contributed by atoms with Crippen molar-refractivity contribution in [2.45, 2.75) is 46.1 Å². The summed E-state index contributed by atoms with van der Waals surface area (Å²) >= 11 is 0. The van der Waals surface area contributed by atoms with Crippen LogP contribution in [0.5, 0.6) is 0 Å². The van der Waals surface area contributed by atoms with E-state index in [2.05, 4.69) is 16.0 Å². The number of hydrogen-bond acceptors (Lipinski definition) is 5. The molecule has 3 amide bonds. The molecule has 0 bridgehead atoms. The van der Waals surface area contributed by atoms with Crippen LogP contribution in [0.4, 0.5) is 16.2 Å². The predicted octanol–water partition coefficient (Wildman–Crippen LogP) is 4.06. The molecule has 0 aromatic heterocycles. The number of ketones is 1. The van der Waals surface area contributed by atoms with Gasteiger partial charge in [-0.05, 0) is 52.0 Å². The number of carbonyl (C=O) groups is 4. The maximum absolute atomic E-state index is 12.2. The fraction of sp³-hybridized carbons (Fsp3) is 0.333. The summed E-state index contributed by atoms with van der Waals surface area (Å²) in [6.07, 6.45) is -0.485. The summed E-state index contributed by atoms with van der Waals surface area (Å²) in [5.74, 6) is -0.774. The zero-order valence-corrected chi connectivity index (χ0v) is 18.8. The molecular formula is C24H29N3O5. The molecule has 0 saturated carbocycles. The van der Waals surface area contributed by atoms with Crippen molar-refractivity contribution < 1.29 is 23.9 Å². The summed E-state index contributed by atoms with van der Waals surface area (Å²) in [6, 6.07) is 13.8. The van der Waals surface area contributed by atoms with E-state index in [0.29, 0.717) is 16.9 Å². The third-order valence-corrected chi connectivity index (χ3v) is 4.20. The zero-order chi connectivity index (χ0) is 23.7. The topological polar surface area (TPSA) is 114 Å². The monoisotopic (exact) mass is 439 g/mol. The van der Waals surface area contributed by atoms with Crippen LogP contribution in [0.2, 0.25) is 0 Å². The van der Waals surface area contributed by atoms with E-state index in [0.717, 1.165) is 5.56 Å². The molecule has 0 fully saturated rings. The van der Waals surface area contributed by atoms with Crippen molar-refractivity contribution in [2.24, 2.45) is 0 Å². The van der Waals surface area contributed by atoms with Crippen LogP contribution in [-0.2, 0) is 14.3 Å². The molecule has 2 rings (SSSR count). The van der Waals surface area contributed by atoms with Gasteiger partial charge in [-0.15, -0.1) is 0 Å². The van der Waals surface area contributed by atoms with Gasteiger partial charge >= 0.3 is 6.09 Å². The van der Waals surface area contributed by atoms with Crippen LogP contribution in [0.3, 0.4) is 0 Å². The molecule has 0 spiro atoms. The maximum Gasteiger partial charge on any atom is 0.408 e. The van der Waals surface area contributed by atoms with Crippen LogP contribution in [0.1, 0.15) is 49.5 Å². The number of alkyl carbamates (subject to hydrolysis) is 1. The number of aryl methyl sites for hydroxylation is 1. The number of hydrogen-bond donors (Lipinski definition) is 3. The summed E-state index contributed by atoms with van der Waals surface area (Å²) in [5.41, 5.74) is 2.06. The fourth-order valence-corrected chi connectivity index (χ4v) is 2.64. The first kappa shape index (κ1) is 24.6. The van der Waals surface area contributed by atoms with E-state index in [9.17, 15) is 19.2 Å². The molecule has 8 heteroatoms. The Morgan fingerprint density at radius 3 is 1.84 bits per heavy atom. The molecule has 0 saturated heterocycles. The predicted molar refractivity (Wildman–Crippen MR) is 123 cm³/mol. The van der Waals surface area contributed by atoms with Crippen LogP contribution < -0.4 is 16.0 Å². The molecule has 32 heavy (non-hydrogen) atoms. The van der Waals surface area contributed by atoms with Gasteiger partial charge in [0.05, 0.1) is 0 Å². The Morgan fingerprint density at radius 1 is 0.781 bits per heavy atom. The smallest absolute Gasteiger partial charge is 0.408 e. The first-order valence-corrected chi connectivity index (χ1v) is 10.3. The van der Waals surface area contributed by atoms with E-state index in [1.165, 1.54) is 0 Å². The molecule has 2 aromatic rings. The Kier molecular flexibility index (Phi) is 8.52. The van der Waals surface area contributed by atoms with E-state index < -0.39 is 17.6 Å². The minimum absolute atomic E-state index is 0.0710. The Labute approximate surface area is 187 Å². The molecule has 0 unspecified atom stereocenters. The second kappa shape index (κ2) is 11.1. The standard InChI is InChI=1S/C24H29N3O5/c1-16-5-7-17(8-6-16)20(28)13-14-21(29)26-18-9-11-19(12-10-18)27-22(30)15-25-23(31)32-24(2,3)4/h5-12H,13-15H2,1-4H3,(H,25,31)(H,26,29)(H,27,30). The molecule has 170 valence electrons. The van der Waals surface area contributed by atoms with Gasteiger partial charge in [0, 0.05) is 29.8 Å². The Bertz CT molecular complexity index is 961. The molecule has 2 aromatic carbocycles. The highest BCUT2D eigenvalue weighted by atomic mass is 16.6. The summed E-state index contributed by atoms with van der Waals surface area (Å²) in [4.78, 5) is 47.8. The molecule has 8 nitrogen and oxygen atoms in total. The second-order valence-corrected chi connectivity index (χ2v) is 8.32. The fourth-order valence-electron chi connectivity index (χ4n) is 2.64. The molecule has 3 N–H and O–H groups in total. The van der Waals surface area contributed by atoms with E-state index in [1.54, 1.807) is 57.2 Å². The number of rotatable bonds is 8. The average Bonchev–Trinajstić information content (AvgIpc) is 2.71. The summed E-state index contributed by atoms with van der Waals surface area (Å²) < 4.78 is 5.06. The molecule has 0 atom stereocenters. The van der Waals surface area contributed by atoms with Crippen LogP contribution in [0.15, 0.2) is 48.5 Å². The summed E-state index contributed by atoms with van der Waals surface area (Å²) in [5, 5.41) is 7.74. The van der Waals surface area contributed by atoms with Gasteiger partial charge in [-0.2, -0.15) is 0 Å². The van der Waals surface area contributed by atoms with Crippen molar-refractivity contribution in [3.05, 3.63) is 59.7 Å². The van der Waals surface area contributed by atoms with Gasteiger partial charge in [0.15, 0.2) is 5.78 Å². The van der Waals surface area contributed by atoms with Gasteiger partial charge in [-0.3, -0.25) is 14.4 Å². The Hall–Kier alpha value is -3.68. The van der Waals surface area contributed by atoms with Crippen molar-refractivity contribution in [1.82, 2.24) is 5.32 Å². The first-order valence-electron chi connectivity index (χ1n) is 10.3. The SMILES string of the molecule is Cc1ccc(C(=O)CCC(=O)Nc2ccc(NC(=O)CNC(=O)OC(C)(C)C)cc2)cc1. The number of Topliss-reactive ketones (excluding diaryl/α,β-unsaturated/α-hetero) is 1. The van der Waals surface area contributed by atoms with E-state index in [-0.39, 0.29) is 31.1 Å². The van der Waals surface area contributed by atoms with Crippen LogP contribution in [0.25, 0.3) is 0 Å². The summed E-state index contributed by atoms with van der Waals surface area (Å²) in [7, 11) is 0. The lowest BCUT2D eigenvalue weighted by Crippen LogP contribution is -2.37. The second-order valence-electron chi connectivity index (χ2n) is 8.32. The molecule has 0 aliphatic rings. The number of nitrogens with one attached hydrogen (secondary N) is 3. The normalized spacial score (nSPS) is 10.8. The largest absolute Gasteiger partial charge is 0.444 e. The number of carbonyl (C=O) groups excluding carboxylic acids is 4. The average molecular weight is 440 g/mol. The Balaban J connectivity index is 1.75. The highest BCUT2D eigenvalue weighted by Crippen LogP contribution is 2.15. The van der Waals surface area contributed by atoms with Gasteiger partial charge in [0.1, 0.15) is 12.1 Å². The van der Waals surface area contributed by atoms with Crippen molar-refractivity contribution in [2.75, 3.05) is 17.2 Å². The molecular weight excluding hydrogens is 410 g/mol. The van der Waals surface area contributed by atoms with Crippen molar-refractivity contribution in [3.8, 4) is 0 Å². The Morgan fingerprint density at radius 2 is 1.31 bits per heavy atom. The highest BCUT2D eigenvalue weighted by Gasteiger charge is 2.16. The van der Waals surface area contributed by atoms with E-state index in [1.807, 2.05) is 19.1 Å². The number of amides is 3.